The van der Waals surface area contributed by atoms with Crippen molar-refractivity contribution < 1.29 is 14.4 Å². The van der Waals surface area contributed by atoms with Crippen molar-refractivity contribution in [3.63, 3.8) is 0 Å². The lowest BCUT2D eigenvalue weighted by Crippen LogP contribution is -2.42. The second-order valence-corrected chi connectivity index (χ2v) is 2.59. The maximum Gasteiger partial charge on any atom is 0.369 e. The van der Waals surface area contributed by atoms with Crippen molar-refractivity contribution in [3.05, 3.63) is 42.6 Å². The van der Waals surface area contributed by atoms with Crippen LogP contribution in [-0.2, 0) is 4.79 Å². The molecule has 0 spiro atoms. The molecule has 3 heteroatoms. The highest BCUT2D eigenvalue weighted by Crippen LogP contribution is 2.06. The molecule has 2 aromatic rings. The first-order chi connectivity index (χ1) is 6.42. The number of carbonyl (C=O) groups is 1. The predicted octanol–water partition coefficient (Wildman–Crippen LogP) is 0.712. The summed E-state index contributed by atoms with van der Waals surface area (Å²) in [6, 6.07) is 11.5. The van der Waals surface area contributed by atoms with Gasteiger partial charge in [-0.1, -0.05) is 12.1 Å². The molecule has 0 unspecified atom stereocenters. The molecular weight excluding hydrogens is 166 g/mol. The Labute approximate surface area is 75.1 Å². The topological polar surface area (TPSA) is 30.2 Å². The number of aromatic nitrogens is 1. The maximum atomic E-state index is 10.2. The molecule has 1 aromatic heterocycles. The van der Waals surface area contributed by atoms with Gasteiger partial charge in [-0.15, -0.1) is 0 Å². The molecule has 1 heterocycles. The monoisotopic (exact) mass is 174 g/mol. The van der Waals surface area contributed by atoms with Gasteiger partial charge in [-0.05, 0) is 12.1 Å². The highest BCUT2D eigenvalue weighted by molar-refractivity contribution is 5.74. The fourth-order valence-corrected chi connectivity index (χ4v) is 1.27. The number of carbonyl (C=O) groups excluding carboxylic acids is 1. The summed E-state index contributed by atoms with van der Waals surface area (Å²) in [7, 11) is 0. The van der Waals surface area contributed by atoms with Crippen LogP contribution in [0.3, 0.4) is 0 Å². The minimum Gasteiger partial charge on any atom is -0.248 e. The van der Waals surface area contributed by atoms with Gasteiger partial charge in [-0.2, -0.15) is 4.84 Å². The van der Waals surface area contributed by atoms with Gasteiger partial charge >= 0.3 is 6.47 Å². The molecule has 0 N–H and O–H groups in total. The van der Waals surface area contributed by atoms with Gasteiger partial charge in [0, 0.05) is 16.9 Å². The molecule has 0 saturated heterocycles. The Bertz CT molecular complexity index is 434. The van der Waals surface area contributed by atoms with Gasteiger partial charge in [-0.25, -0.2) is 4.79 Å². The first-order valence-electron chi connectivity index (χ1n) is 3.92. The fourth-order valence-electron chi connectivity index (χ4n) is 1.27. The van der Waals surface area contributed by atoms with Crippen LogP contribution >= 0.6 is 0 Å². The van der Waals surface area contributed by atoms with E-state index in [1.54, 1.807) is 6.20 Å². The van der Waals surface area contributed by atoms with Crippen molar-refractivity contribution in [1.29, 1.82) is 0 Å². The number of benzene rings is 1. The fraction of sp³-hybridized carbons (Fsp3) is 0. The molecular formula is C10H8NO2+. The third-order valence-electron chi connectivity index (χ3n) is 1.83. The van der Waals surface area contributed by atoms with Gasteiger partial charge < -0.3 is 0 Å². The van der Waals surface area contributed by atoms with Crippen LogP contribution < -0.4 is 9.57 Å². The van der Waals surface area contributed by atoms with Crippen molar-refractivity contribution in [2.75, 3.05) is 0 Å². The van der Waals surface area contributed by atoms with Crippen LogP contribution in [0.2, 0.25) is 0 Å². The number of para-hydroxylation sites is 1. The molecule has 0 aliphatic carbocycles. The van der Waals surface area contributed by atoms with Crippen LogP contribution in [0.25, 0.3) is 10.9 Å². The summed E-state index contributed by atoms with van der Waals surface area (Å²) in [6.07, 6.45) is 1.69. The second-order valence-electron chi connectivity index (χ2n) is 2.59. The van der Waals surface area contributed by atoms with Crippen molar-refractivity contribution in [2.45, 2.75) is 0 Å². The minimum absolute atomic E-state index is 0.409. The zero-order valence-corrected chi connectivity index (χ0v) is 6.88. The van der Waals surface area contributed by atoms with E-state index < -0.39 is 0 Å². The van der Waals surface area contributed by atoms with Crippen molar-refractivity contribution in [2.24, 2.45) is 0 Å². The summed E-state index contributed by atoms with van der Waals surface area (Å²) < 4.78 is 1.43. The Morgan fingerprint density at radius 1 is 1.15 bits per heavy atom. The summed E-state index contributed by atoms with van der Waals surface area (Å²) in [5.74, 6) is 0. The van der Waals surface area contributed by atoms with Gasteiger partial charge in [0.05, 0.1) is 5.39 Å². The number of hydrogen-bond acceptors (Lipinski definition) is 2. The predicted molar refractivity (Wildman–Crippen MR) is 46.8 cm³/mol. The SMILES string of the molecule is O=CO[n+]1cccc2ccccc21. The zero-order valence-electron chi connectivity index (χ0n) is 6.88. The summed E-state index contributed by atoms with van der Waals surface area (Å²) in [4.78, 5) is 14.9. The van der Waals surface area contributed by atoms with E-state index in [0.29, 0.717) is 6.47 Å². The standard InChI is InChI=1S/C10H8NO2/c12-8-13-11-7-3-5-9-4-1-2-6-10(9)11/h1-8H/q+1. The van der Waals surface area contributed by atoms with E-state index in [0.717, 1.165) is 10.9 Å². The van der Waals surface area contributed by atoms with E-state index in [4.69, 9.17) is 4.84 Å². The Morgan fingerprint density at radius 2 is 1.92 bits per heavy atom. The number of fused-ring (bicyclic) bond motifs is 1. The normalized spacial score (nSPS) is 9.85. The molecule has 0 aliphatic rings. The third kappa shape index (κ3) is 1.36. The molecule has 1 aromatic carbocycles. The highest BCUT2D eigenvalue weighted by atomic mass is 16.7. The Kier molecular flexibility index (Phi) is 1.92. The van der Waals surface area contributed by atoms with Crippen LogP contribution in [0.1, 0.15) is 0 Å². The van der Waals surface area contributed by atoms with Gasteiger partial charge in [0.2, 0.25) is 6.20 Å². The number of rotatable bonds is 2. The summed E-state index contributed by atoms with van der Waals surface area (Å²) in [5.41, 5.74) is 0.872. The van der Waals surface area contributed by atoms with Gasteiger partial charge in [0.1, 0.15) is 0 Å². The summed E-state index contributed by atoms with van der Waals surface area (Å²) in [5, 5.41) is 1.03. The van der Waals surface area contributed by atoms with Crippen LogP contribution in [0.15, 0.2) is 42.6 Å². The van der Waals surface area contributed by atoms with E-state index in [9.17, 15) is 4.79 Å². The van der Waals surface area contributed by atoms with Crippen LogP contribution in [0.4, 0.5) is 0 Å². The Hall–Kier alpha value is -1.90. The number of pyridine rings is 1. The van der Waals surface area contributed by atoms with Crippen molar-refractivity contribution in [3.8, 4) is 0 Å². The molecule has 3 nitrogen and oxygen atoms in total. The van der Waals surface area contributed by atoms with E-state index in [1.165, 1.54) is 4.73 Å². The molecule has 13 heavy (non-hydrogen) atoms. The molecule has 0 fully saturated rings. The summed E-state index contributed by atoms with van der Waals surface area (Å²) >= 11 is 0. The molecule has 0 bridgehead atoms. The van der Waals surface area contributed by atoms with Crippen molar-refractivity contribution >= 4 is 17.4 Å². The van der Waals surface area contributed by atoms with Gasteiger partial charge in [-0.3, -0.25) is 0 Å². The average Bonchev–Trinajstić information content (AvgIpc) is 2.19. The van der Waals surface area contributed by atoms with Crippen LogP contribution in [-0.4, -0.2) is 6.47 Å². The Balaban J connectivity index is 2.68. The lowest BCUT2D eigenvalue weighted by molar-refractivity contribution is -0.846. The van der Waals surface area contributed by atoms with Gasteiger partial charge in [0.15, 0.2) is 0 Å². The van der Waals surface area contributed by atoms with Crippen LogP contribution in [0, 0.1) is 0 Å². The Morgan fingerprint density at radius 3 is 2.77 bits per heavy atom. The minimum atomic E-state index is 0.409. The lowest BCUT2D eigenvalue weighted by Gasteiger charge is -1.93. The first kappa shape index (κ1) is 7.73. The maximum absolute atomic E-state index is 10.2. The van der Waals surface area contributed by atoms with Crippen LogP contribution in [0.5, 0.6) is 0 Å². The first-order valence-corrected chi connectivity index (χ1v) is 3.92. The third-order valence-corrected chi connectivity index (χ3v) is 1.83. The van der Waals surface area contributed by atoms with E-state index >= 15 is 0 Å². The number of hydrogen-bond donors (Lipinski definition) is 0. The smallest absolute Gasteiger partial charge is 0.248 e. The quantitative estimate of drug-likeness (QED) is 0.496. The van der Waals surface area contributed by atoms with Gasteiger partial charge in [0.25, 0.3) is 5.52 Å². The zero-order chi connectivity index (χ0) is 9.10. The molecule has 0 atom stereocenters. The lowest BCUT2D eigenvalue weighted by atomic mass is 10.2. The summed E-state index contributed by atoms with van der Waals surface area (Å²) in [6.45, 7) is 0.409. The van der Waals surface area contributed by atoms with E-state index in [-0.39, 0.29) is 0 Å². The second kappa shape index (κ2) is 3.23. The molecule has 64 valence electrons. The molecule has 0 amide bonds. The molecule has 0 radical (unpaired) electrons. The average molecular weight is 174 g/mol. The number of nitrogens with zero attached hydrogens (tertiary/aromatic N) is 1. The largest absolute Gasteiger partial charge is 0.369 e. The van der Waals surface area contributed by atoms with E-state index in [2.05, 4.69) is 0 Å². The molecule has 0 saturated carbocycles. The molecule has 0 aliphatic heterocycles. The highest BCUT2D eigenvalue weighted by Gasteiger charge is 2.07. The van der Waals surface area contributed by atoms with Crippen molar-refractivity contribution in [1.82, 2.24) is 0 Å². The molecule has 2 rings (SSSR count). The van der Waals surface area contributed by atoms with E-state index in [1.807, 2.05) is 36.4 Å².